The molecule has 0 aliphatic heterocycles. The summed E-state index contributed by atoms with van der Waals surface area (Å²) < 4.78 is 6.68. The van der Waals surface area contributed by atoms with Gasteiger partial charge in [0.05, 0.1) is 16.1 Å². The molecular weight excluding hydrogens is 442 g/mol. The van der Waals surface area contributed by atoms with Crippen LogP contribution in [-0.2, 0) is 22.7 Å². The van der Waals surface area contributed by atoms with E-state index in [1.165, 1.54) is 0 Å². The van der Waals surface area contributed by atoms with Crippen LogP contribution in [0.5, 0.6) is 5.75 Å². The minimum atomic E-state index is -1.12. The Morgan fingerprint density at radius 1 is 1.12 bits per heavy atom. The molecule has 0 aromatic heterocycles. The Bertz CT molecular complexity index is 725. The first-order valence-corrected chi connectivity index (χ1v) is 8.57. The van der Waals surface area contributed by atoms with Crippen molar-refractivity contribution in [1.82, 2.24) is 0 Å². The highest BCUT2D eigenvalue weighted by Crippen LogP contribution is 2.34. The number of halogens is 2. The summed E-state index contributed by atoms with van der Waals surface area (Å²) in [5.41, 5.74) is 1.61. The Labute approximate surface area is 156 Å². The fourth-order valence-electron chi connectivity index (χ4n) is 2.01. The van der Waals surface area contributed by atoms with Crippen molar-refractivity contribution in [2.24, 2.45) is 5.16 Å². The van der Waals surface area contributed by atoms with Gasteiger partial charge in [-0.2, -0.15) is 0 Å². The van der Waals surface area contributed by atoms with Crippen molar-refractivity contribution in [2.75, 3.05) is 7.11 Å². The molecule has 7 heteroatoms. The van der Waals surface area contributed by atoms with E-state index < -0.39 is 5.97 Å². The summed E-state index contributed by atoms with van der Waals surface area (Å²) in [5, 5.41) is 13.1. The third-order valence-electron chi connectivity index (χ3n) is 3.13. The highest BCUT2D eigenvalue weighted by atomic mass is 79.9. The van der Waals surface area contributed by atoms with Gasteiger partial charge in [0.15, 0.2) is 5.71 Å². The molecule has 0 aliphatic carbocycles. The summed E-state index contributed by atoms with van der Waals surface area (Å²) in [4.78, 5) is 16.6. The fraction of sp³-hybridized carbons (Fsp3) is 0.176. The predicted octanol–water partition coefficient (Wildman–Crippen LogP) is 4.42. The lowest BCUT2D eigenvalue weighted by atomic mass is 10.1. The van der Waals surface area contributed by atoms with Gasteiger partial charge in [-0.3, -0.25) is 0 Å². The molecule has 2 aromatic rings. The van der Waals surface area contributed by atoms with Crippen LogP contribution >= 0.6 is 31.9 Å². The molecule has 0 saturated heterocycles. The third-order valence-corrected chi connectivity index (χ3v) is 4.31. The molecule has 2 aromatic carbocycles. The first-order valence-electron chi connectivity index (χ1n) is 6.99. The van der Waals surface area contributed by atoms with E-state index in [0.29, 0.717) is 5.75 Å². The Hall–Kier alpha value is -1.86. The predicted molar refractivity (Wildman–Crippen MR) is 98.4 cm³/mol. The van der Waals surface area contributed by atoms with E-state index in [1.807, 2.05) is 30.3 Å². The average molecular weight is 457 g/mol. The van der Waals surface area contributed by atoms with Crippen molar-refractivity contribution in [3.63, 3.8) is 0 Å². The summed E-state index contributed by atoms with van der Waals surface area (Å²) in [6.45, 7) is 0.216. The van der Waals surface area contributed by atoms with E-state index in [2.05, 4.69) is 37.0 Å². The lowest BCUT2D eigenvalue weighted by Crippen LogP contribution is -2.16. The maximum atomic E-state index is 11.4. The Balaban J connectivity index is 2.11. The molecule has 24 heavy (non-hydrogen) atoms. The Kier molecular flexibility index (Phi) is 6.81. The van der Waals surface area contributed by atoms with Crippen LogP contribution in [0.25, 0.3) is 0 Å². The fourth-order valence-corrected chi connectivity index (χ4v) is 3.61. The second-order valence-electron chi connectivity index (χ2n) is 4.87. The molecule has 0 bridgehead atoms. The molecule has 0 fully saturated rings. The van der Waals surface area contributed by atoms with Crippen LogP contribution in [0.1, 0.15) is 11.1 Å². The molecule has 0 atom stereocenters. The van der Waals surface area contributed by atoms with Crippen molar-refractivity contribution in [3.05, 3.63) is 62.5 Å². The van der Waals surface area contributed by atoms with Crippen molar-refractivity contribution in [2.45, 2.75) is 13.0 Å². The highest BCUT2D eigenvalue weighted by molar-refractivity contribution is 9.11. The lowest BCUT2D eigenvalue weighted by molar-refractivity contribution is -0.129. The van der Waals surface area contributed by atoms with Gasteiger partial charge >= 0.3 is 5.97 Å². The standard InChI is InChI=1S/C17H15Br2NO4/c1-23-16-13(18)7-12(8-14(16)19)9-15(17(21)22)20-24-10-11-5-3-2-4-6-11/h2-8H,9-10H2,1H3,(H,21,22)/b20-15-. The van der Waals surface area contributed by atoms with Gasteiger partial charge in [0.1, 0.15) is 12.4 Å². The van der Waals surface area contributed by atoms with Gasteiger partial charge in [0.25, 0.3) is 0 Å². The number of carboxylic acid groups (broad SMARTS) is 1. The number of methoxy groups -OCH3 is 1. The first kappa shape index (κ1) is 18.5. The molecule has 0 amide bonds. The second kappa shape index (κ2) is 8.84. The number of oxime groups is 1. The zero-order valence-electron chi connectivity index (χ0n) is 12.8. The highest BCUT2D eigenvalue weighted by Gasteiger charge is 2.15. The number of carbonyl (C=O) groups is 1. The smallest absolute Gasteiger partial charge is 0.354 e. The molecule has 0 radical (unpaired) electrons. The maximum Gasteiger partial charge on any atom is 0.354 e. The van der Waals surface area contributed by atoms with Gasteiger partial charge in [0, 0.05) is 6.42 Å². The van der Waals surface area contributed by atoms with E-state index in [-0.39, 0.29) is 18.7 Å². The van der Waals surface area contributed by atoms with Crippen LogP contribution in [0.3, 0.4) is 0 Å². The van der Waals surface area contributed by atoms with Crippen LogP contribution in [0.2, 0.25) is 0 Å². The molecule has 0 heterocycles. The summed E-state index contributed by atoms with van der Waals surface area (Å²) in [6, 6.07) is 13.0. The van der Waals surface area contributed by atoms with Gasteiger partial charge in [0.2, 0.25) is 0 Å². The van der Waals surface area contributed by atoms with Crippen LogP contribution in [-0.4, -0.2) is 23.9 Å². The number of nitrogens with zero attached hydrogens (tertiary/aromatic N) is 1. The van der Waals surface area contributed by atoms with Gasteiger partial charge in [-0.25, -0.2) is 4.79 Å². The van der Waals surface area contributed by atoms with Gasteiger partial charge in [-0.15, -0.1) is 0 Å². The van der Waals surface area contributed by atoms with Gasteiger partial charge in [-0.1, -0.05) is 35.5 Å². The zero-order chi connectivity index (χ0) is 17.5. The van der Waals surface area contributed by atoms with E-state index >= 15 is 0 Å². The minimum absolute atomic E-state index is 0.0742. The van der Waals surface area contributed by atoms with Gasteiger partial charge in [-0.05, 0) is 55.1 Å². The number of aliphatic carboxylic acids is 1. The number of hydrogen-bond acceptors (Lipinski definition) is 4. The second-order valence-corrected chi connectivity index (χ2v) is 6.58. The monoisotopic (exact) mass is 455 g/mol. The topological polar surface area (TPSA) is 68.1 Å². The molecule has 0 unspecified atom stereocenters. The summed E-state index contributed by atoms with van der Waals surface area (Å²) >= 11 is 6.79. The molecule has 0 spiro atoms. The average Bonchev–Trinajstić information content (AvgIpc) is 2.54. The zero-order valence-corrected chi connectivity index (χ0v) is 16.0. The minimum Gasteiger partial charge on any atom is -0.494 e. The molecule has 1 N–H and O–H groups in total. The lowest BCUT2D eigenvalue weighted by Gasteiger charge is -2.09. The van der Waals surface area contributed by atoms with Crippen LogP contribution in [0.15, 0.2) is 56.6 Å². The normalized spacial score (nSPS) is 11.2. The number of ether oxygens (including phenoxy) is 1. The molecule has 0 aliphatic rings. The molecular formula is C17H15Br2NO4. The quantitative estimate of drug-likeness (QED) is 0.494. The van der Waals surface area contributed by atoms with E-state index in [9.17, 15) is 9.90 Å². The molecule has 126 valence electrons. The summed E-state index contributed by atoms with van der Waals surface area (Å²) in [5.74, 6) is -0.473. The first-order chi connectivity index (χ1) is 11.5. The van der Waals surface area contributed by atoms with Crippen molar-refractivity contribution < 1.29 is 19.5 Å². The van der Waals surface area contributed by atoms with Crippen LogP contribution < -0.4 is 4.74 Å². The van der Waals surface area contributed by atoms with Crippen LogP contribution in [0, 0.1) is 0 Å². The van der Waals surface area contributed by atoms with Crippen molar-refractivity contribution in [1.29, 1.82) is 0 Å². The Morgan fingerprint density at radius 3 is 2.29 bits per heavy atom. The third kappa shape index (κ3) is 5.07. The van der Waals surface area contributed by atoms with Gasteiger partial charge < -0.3 is 14.7 Å². The van der Waals surface area contributed by atoms with Crippen molar-refractivity contribution >= 4 is 43.5 Å². The van der Waals surface area contributed by atoms with Crippen LogP contribution in [0.4, 0.5) is 0 Å². The maximum absolute atomic E-state index is 11.4. The molecule has 0 saturated carbocycles. The number of hydrogen-bond donors (Lipinski definition) is 1. The van der Waals surface area contributed by atoms with E-state index in [4.69, 9.17) is 9.57 Å². The SMILES string of the molecule is COc1c(Br)cc(C/C(=N/OCc2ccccc2)C(=O)O)cc1Br. The Morgan fingerprint density at radius 2 is 1.75 bits per heavy atom. The molecule has 2 rings (SSSR count). The van der Waals surface area contributed by atoms with Crippen molar-refractivity contribution in [3.8, 4) is 5.75 Å². The molecule has 5 nitrogen and oxygen atoms in total. The number of rotatable bonds is 7. The van der Waals surface area contributed by atoms with E-state index in [1.54, 1.807) is 19.2 Å². The largest absolute Gasteiger partial charge is 0.494 e. The van der Waals surface area contributed by atoms with E-state index in [0.717, 1.165) is 20.1 Å². The number of carboxylic acids is 1. The summed E-state index contributed by atoms with van der Waals surface area (Å²) in [7, 11) is 1.56. The summed E-state index contributed by atoms with van der Waals surface area (Å²) in [6.07, 6.45) is 0.130. The number of benzene rings is 2.